The quantitative estimate of drug-likeness (QED) is 0.443. The number of carbonyl (C=O) groups is 1. The Labute approximate surface area is 212 Å². The van der Waals surface area contributed by atoms with Gasteiger partial charge in [0.25, 0.3) is 0 Å². The van der Waals surface area contributed by atoms with Crippen molar-refractivity contribution in [2.75, 3.05) is 55.7 Å². The molecule has 0 aliphatic carbocycles. The Morgan fingerprint density at radius 3 is 2.83 bits per heavy atom. The normalized spacial score (nSPS) is 16.9. The number of hydrogen-bond donors (Lipinski definition) is 1. The number of fused-ring (bicyclic) bond motifs is 2. The fraction of sp³-hybridized carbons (Fsp3) is 0.464. The van der Waals surface area contributed by atoms with Gasteiger partial charge in [-0.15, -0.1) is 11.3 Å². The topological polar surface area (TPSA) is 62.0 Å². The zero-order valence-electron chi connectivity index (χ0n) is 20.5. The minimum atomic E-state index is -0.372. The van der Waals surface area contributed by atoms with Crippen molar-refractivity contribution in [1.82, 2.24) is 4.90 Å². The van der Waals surface area contributed by atoms with Crippen LogP contribution in [0.1, 0.15) is 37.7 Å². The second-order valence-electron chi connectivity index (χ2n) is 9.57. The molecular formula is C28H36N4O2S. The highest BCUT2D eigenvalue weighted by Gasteiger charge is 2.21. The molecule has 3 heterocycles. The van der Waals surface area contributed by atoms with Crippen LogP contribution in [0.4, 0.5) is 16.2 Å². The van der Waals surface area contributed by atoms with Crippen molar-refractivity contribution in [3.05, 3.63) is 53.4 Å². The van der Waals surface area contributed by atoms with E-state index in [-0.39, 0.29) is 6.03 Å². The van der Waals surface area contributed by atoms with Gasteiger partial charge in [0.05, 0.1) is 18.0 Å². The highest BCUT2D eigenvalue weighted by molar-refractivity contribution is 7.17. The van der Waals surface area contributed by atoms with Gasteiger partial charge in [0.2, 0.25) is 0 Å². The van der Waals surface area contributed by atoms with Gasteiger partial charge in [0.1, 0.15) is 5.75 Å². The van der Waals surface area contributed by atoms with Gasteiger partial charge in [-0.05, 0) is 69.3 Å². The summed E-state index contributed by atoms with van der Waals surface area (Å²) in [4.78, 5) is 19.0. The number of para-hydroxylation sites is 1. The second-order valence-corrected chi connectivity index (χ2v) is 10.5. The molecule has 186 valence electrons. The number of anilines is 2. The number of amides is 2. The van der Waals surface area contributed by atoms with Crippen LogP contribution in [-0.2, 0) is 6.42 Å². The SMILES string of the molecule is NC(=O)N(CCCCN1CCCN(c2cccc3c2OCCCC3)CC1)c1csc2ccccc12. The van der Waals surface area contributed by atoms with Crippen LogP contribution >= 0.6 is 11.3 Å². The summed E-state index contributed by atoms with van der Waals surface area (Å²) in [5, 5.41) is 3.15. The Bertz CT molecular complexity index is 1150. The van der Waals surface area contributed by atoms with Crippen molar-refractivity contribution in [3.8, 4) is 5.75 Å². The van der Waals surface area contributed by atoms with E-state index >= 15 is 0 Å². The summed E-state index contributed by atoms with van der Waals surface area (Å²) in [6.07, 6.45) is 6.60. The van der Waals surface area contributed by atoms with E-state index < -0.39 is 0 Å². The van der Waals surface area contributed by atoms with Crippen molar-refractivity contribution < 1.29 is 9.53 Å². The third kappa shape index (κ3) is 5.57. The van der Waals surface area contributed by atoms with Crippen molar-refractivity contribution in [2.45, 2.75) is 38.5 Å². The first-order valence-corrected chi connectivity index (χ1v) is 13.8. The van der Waals surface area contributed by atoms with Crippen LogP contribution in [0.3, 0.4) is 0 Å². The first-order chi connectivity index (χ1) is 17.2. The molecule has 1 fully saturated rings. The van der Waals surface area contributed by atoms with E-state index in [1.165, 1.54) is 22.4 Å². The number of benzene rings is 2. The molecule has 0 radical (unpaired) electrons. The van der Waals surface area contributed by atoms with E-state index in [1.54, 1.807) is 16.2 Å². The molecule has 2 amide bonds. The van der Waals surface area contributed by atoms with Gasteiger partial charge in [-0.25, -0.2) is 4.79 Å². The number of primary amides is 1. The number of nitrogens with zero attached hydrogens (tertiary/aromatic N) is 3. The number of urea groups is 1. The molecule has 1 aromatic heterocycles. The Balaban J connectivity index is 1.14. The highest BCUT2D eigenvalue weighted by atomic mass is 32.1. The molecule has 2 N–H and O–H groups in total. The van der Waals surface area contributed by atoms with Crippen LogP contribution in [0.25, 0.3) is 10.1 Å². The molecule has 6 nitrogen and oxygen atoms in total. The number of unbranched alkanes of at least 4 members (excludes halogenated alkanes) is 1. The van der Waals surface area contributed by atoms with Gasteiger partial charge in [0, 0.05) is 41.6 Å². The lowest BCUT2D eigenvalue weighted by atomic mass is 10.1. The summed E-state index contributed by atoms with van der Waals surface area (Å²) in [5.41, 5.74) is 9.33. The molecule has 0 unspecified atom stereocenters. The van der Waals surface area contributed by atoms with E-state index in [9.17, 15) is 4.79 Å². The lowest BCUT2D eigenvalue weighted by Gasteiger charge is -2.26. The molecule has 1 saturated heterocycles. The largest absolute Gasteiger partial charge is 0.491 e. The molecule has 2 aliphatic rings. The first kappa shape index (κ1) is 23.9. The number of nitrogens with two attached hydrogens (primary N) is 1. The van der Waals surface area contributed by atoms with Crippen LogP contribution in [0.2, 0.25) is 0 Å². The standard InChI is InChI=1S/C28H36N4O2S/c29-28(33)32(25-21-35-26-13-2-1-11-23(25)26)17-5-4-14-30-15-8-16-31(19-18-30)24-12-7-10-22-9-3-6-20-34-27(22)24/h1-2,7,10-13,21H,3-6,8-9,14-20H2,(H2,29,33). The number of ether oxygens (including phenoxy) is 1. The zero-order valence-corrected chi connectivity index (χ0v) is 21.3. The molecule has 0 bridgehead atoms. The fourth-order valence-corrected chi connectivity index (χ4v) is 6.29. The maximum absolute atomic E-state index is 12.2. The van der Waals surface area contributed by atoms with E-state index in [0.29, 0.717) is 6.54 Å². The average molecular weight is 493 g/mol. The number of hydrogen-bond acceptors (Lipinski definition) is 5. The molecule has 7 heteroatoms. The summed E-state index contributed by atoms with van der Waals surface area (Å²) in [6, 6.07) is 14.5. The summed E-state index contributed by atoms with van der Waals surface area (Å²) in [5.74, 6) is 1.12. The van der Waals surface area contributed by atoms with Gasteiger partial charge in [-0.3, -0.25) is 4.90 Å². The molecule has 35 heavy (non-hydrogen) atoms. The van der Waals surface area contributed by atoms with Gasteiger partial charge < -0.3 is 20.3 Å². The average Bonchev–Trinajstić information content (AvgIpc) is 3.02. The van der Waals surface area contributed by atoms with E-state index in [0.717, 1.165) is 88.3 Å². The maximum atomic E-state index is 12.2. The number of carbonyl (C=O) groups excluding carboxylic acids is 1. The zero-order chi connectivity index (χ0) is 24.0. The monoisotopic (exact) mass is 492 g/mol. The van der Waals surface area contributed by atoms with Crippen molar-refractivity contribution in [2.24, 2.45) is 5.73 Å². The van der Waals surface area contributed by atoms with Crippen LogP contribution in [0.5, 0.6) is 5.75 Å². The molecule has 3 aromatic rings. The lowest BCUT2D eigenvalue weighted by molar-refractivity contribution is 0.253. The van der Waals surface area contributed by atoms with E-state index in [4.69, 9.17) is 10.5 Å². The van der Waals surface area contributed by atoms with Gasteiger partial charge in [0.15, 0.2) is 0 Å². The van der Waals surface area contributed by atoms with E-state index in [2.05, 4.69) is 40.1 Å². The third-order valence-corrected chi connectivity index (χ3v) is 8.17. The first-order valence-electron chi connectivity index (χ1n) is 13.0. The third-order valence-electron chi connectivity index (χ3n) is 7.22. The fourth-order valence-electron chi connectivity index (χ4n) is 5.34. The van der Waals surface area contributed by atoms with E-state index in [1.807, 2.05) is 17.5 Å². The molecule has 2 aromatic carbocycles. The second kappa shape index (κ2) is 11.3. The van der Waals surface area contributed by atoms with Crippen molar-refractivity contribution in [3.63, 3.8) is 0 Å². The molecule has 5 rings (SSSR count). The lowest BCUT2D eigenvalue weighted by Crippen LogP contribution is -2.37. The smallest absolute Gasteiger partial charge is 0.319 e. The molecule has 0 atom stereocenters. The van der Waals surface area contributed by atoms with Crippen LogP contribution in [-0.4, -0.2) is 56.8 Å². The summed E-state index contributed by atoms with van der Waals surface area (Å²) in [6.45, 7) is 6.79. The van der Waals surface area contributed by atoms with Crippen LogP contribution in [0, 0.1) is 0 Å². The van der Waals surface area contributed by atoms with Crippen molar-refractivity contribution >= 4 is 38.8 Å². The Morgan fingerprint density at radius 2 is 1.91 bits per heavy atom. The van der Waals surface area contributed by atoms with Crippen molar-refractivity contribution in [1.29, 1.82) is 0 Å². The predicted octanol–water partition coefficient (Wildman–Crippen LogP) is 5.49. The Morgan fingerprint density at radius 1 is 1.00 bits per heavy atom. The number of thiophene rings is 1. The minimum absolute atomic E-state index is 0.372. The Hall–Kier alpha value is -2.77. The summed E-state index contributed by atoms with van der Waals surface area (Å²) in [7, 11) is 0. The van der Waals surface area contributed by atoms with Crippen LogP contribution < -0.4 is 20.3 Å². The Kier molecular flexibility index (Phi) is 7.74. The van der Waals surface area contributed by atoms with Gasteiger partial charge >= 0.3 is 6.03 Å². The van der Waals surface area contributed by atoms with Gasteiger partial charge in [-0.1, -0.05) is 30.3 Å². The highest BCUT2D eigenvalue weighted by Crippen LogP contribution is 2.36. The number of aryl methyl sites for hydroxylation is 1. The molecule has 0 saturated carbocycles. The van der Waals surface area contributed by atoms with Crippen LogP contribution in [0.15, 0.2) is 47.8 Å². The predicted molar refractivity (Wildman–Crippen MR) is 146 cm³/mol. The molecular weight excluding hydrogens is 456 g/mol. The minimum Gasteiger partial charge on any atom is -0.491 e. The van der Waals surface area contributed by atoms with Gasteiger partial charge in [-0.2, -0.15) is 0 Å². The summed E-state index contributed by atoms with van der Waals surface area (Å²) >= 11 is 1.66. The summed E-state index contributed by atoms with van der Waals surface area (Å²) < 4.78 is 7.37. The molecule has 0 spiro atoms. The number of rotatable bonds is 7. The maximum Gasteiger partial charge on any atom is 0.319 e. The molecule has 2 aliphatic heterocycles.